The van der Waals surface area contributed by atoms with E-state index in [0.717, 1.165) is 0 Å². The Balaban J connectivity index is 1.64. The van der Waals surface area contributed by atoms with Crippen LogP contribution in [0, 0.1) is 0 Å². The lowest BCUT2D eigenvalue weighted by Gasteiger charge is -2.18. The predicted octanol–water partition coefficient (Wildman–Crippen LogP) is -1.09. The molecule has 1 amide bonds. The van der Waals surface area contributed by atoms with Gasteiger partial charge in [0, 0.05) is 17.7 Å². The molecule has 3 aromatic rings. The molecule has 37 heavy (non-hydrogen) atoms. The van der Waals surface area contributed by atoms with Gasteiger partial charge in [0.15, 0.2) is 17.3 Å². The van der Waals surface area contributed by atoms with Crippen LogP contribution in [-0.2, 0) is 30.4 Å². The quantitative estimate of drug-likeness (QED) is 0.159. The number of aromatic amines is 1. The van der Waals surface area contributed by atoms with Crippen LogP contribution in [0.3, 0.4) is 0 Å². The minimum absolute atomic E-state index is 0.0144. The highest BCUT2D eigenvalue weighted by atomic mass is 32.2. The maximum Gasteiger partial charge on any atom is 0.334 e. The van der Waals surface area contributed by atoms with E-state index in [-0.39, 0.29) is 29.2 Å². The molecule has 0 fully saturated rings. The minimum atomic E-state index is -4.19. The van der Waals surface area contributed by atoms with Crippen molar-refractivity contribution in [2.75, 3.05) is 17.3 Å². The van der Waals surface area contributed by atoms with Crippen LogP contribution < -0.4 is 21.9 Å². The van der Waals surface area contributed by atoms with E-state index >= 15 is 0 Å². The van der Waals surface area contributed by atoms with Crippen molar-refractivity contribution in [3.05, 3.63) is 52.1 Å². The number of aromatic nitrogens is 4. The van der Waals surface area contributed by atoms with Crippen molar-refractivity contribution in [2.45, 2.75) is 25.1 Å². The van der Waals surface area contributed by atoms with E-state index in [1.165, 1.54) is 30.5 Å². The monoisotopic (exact) mass is 535 g/mol. The zero-order valence-corrected chi connectivity index (χ0v) is 19.9. The number of rotatable bonds is 11. The summed E-state index contributed by atoms with van der Waals surface area (Å²) in [4.78, 5) is 61.7. The fourth-order valence-electron chi connectivity index (χ4n) is 3.06. The molecule has 0 spiro atoms. The summed E-state index contributed by atoms with van der Waals surface area (Å²) in [6.07, 6.45) is -0.814. The summed E-state index contributed by atoms with van der Waals surface area (Å²) < 4.78 is 26.9. The number of anilines is 2. The van der Waals surface area contributed by atoms with Crippen LogP contribution in [-0.4, -0.2) is 74.8 Å². The predicted molar refractivity (Wildman–Crippen MR) is 127 cm³/mol. The van der Waals surface area contributed by atoms with Crippen molar-refractivity contribution < 1.29 is 37.2 Å². The third-order valence-corrected chi connectivity index (χ3v) is 5.31. The average Bonchev–Trinajstić information content (AvgIpc) is 2.81. The van der Waals surface area contributed by atoms with Crippen molar-refractivity contribution in [3.63, 3.8) is 0 Å². The van der Waals surface area contributed by atoms with E-state index in [2.05, 4.69) is 34.8 Å². The summed E-state index contributed by atoms with van der Waals surface area (Å²) in [5, 5.41) is 23.6. The molecule has 0 bridgehead atoms. The lowest BCUT2D eigenvalue weighted by molar-refractivity contribution is -0.147. The normalized spacial score (nSPS) is 13.0. The number of carboxylic acids is 2. The third kappa shape index (κ3) is 7.42. The molecule has 7 N–H and O–H groups in total. The van der Waals surface area contributed by atoms with E-state index < -0.39 is 52.1 Å². The Morgan fingerprint density at radius 1 is 1.14 bits per heavy atom. The Labute approximate surface area is 208 Å². The fraction of sp³-hybridized carbons (Fsp3) is 0.250. The Kier molecular flexibility index (Phi) is 7.98. The van der Waals surface area contributed by atoms with Crippen molar-refractivity contribution in [1.29, 1.82) is 0 Å². The number of benzene rings is 1. The van der Waals surface area contributed by atoms with E-state index in [1.807, 2.05) is 0 Å². The molecule has 17 heteroatoms. The highest BCUT2D eigenvalue weighted by Crippen LogP contribution is 2.13. The number of nitrogen functional groups attached to an aromatic ring is 1. The standard InChI is InChI=1S/C20H21N7O9S/c1-37(34,35)36-13(19(32)33)6-12(18(30)31)25-16(28)9-2-4-10(5-3-9)22-7-11-8-23-15-14(24-11)17(29)27-20(21)26-15/h2-5,8,12-13,22H,6-7H2,1H3,(H,25,28)(H,30,31)(H,32,33)(H3,21,23,26,27,29)/t12-,13?/m0/s1. The highest BCUT2D eigenvalue weighted by molar-refractivity contribution is 7.86. The number of fused-ring (bicyclic) bond motifs is 1. The van der Waals surface area contributed by atoms with Crippen molar-refractivity contribution in [2.24, 2.45) is 0 Å². The first-order valence-electron chi connectivity index (χ1n) is 10.3. The van der Waals surface area contributed by atoms with E-state index in [1.54, 1.807) is 0 Å². The van der Waals surface area contributed by atoms with E-state index in [0.29, 0.717) is 17.6 Å². The van der Waals surface area contributed by atoms with Gasteiger partial charge in [-0.3, -0.25) is 18.8 Å². The largest absolute Gasteiger partial charge is 0.480 e. The Morgan fingerprint density at radius 2 is 1.81 bits per heavy atom. The third-order valence-electron chi connectivity index (χ3n) is 4.73. The highest BCUT2D eigenvalue weighted by Gasteiger charge is 2.31. The van der Waals surface area contributed by atoms with Crippen LogP contribution in [0.25, 0.3) is 11.2 Å². The first kappa shape index (κ1) is 27.0. The lowest BCUT2D eigenvalue weighted by Crippen LogP contribution is -2.45. The second-order valence-electron chi connectivity index (χ2n) is 7.64. The van der Waals surface area contributed by atoms with Crippen LogP contribution >= 0.6 is 0 Å². The summed E-state index contributed by atoms with van der Waals surface area (Å²) in [5.74, 6) is -4.21. The Morgan fingerprint density at radius 3 is 2.41 bits per heavy atom. The molecule has 0 saturated heterocycles. The van der Waals surface area contributed by atoms with E-state index in [9.17, 15) is 32.7 Å². The van der Waals surface area contributed by atoms with Crippen LogP contribution in [0.15, 0.2) is 35.3 Å². The number of carbonyl (C=O) groups excluding carboxylic acids is 1. The maximum atomic E-state index is 12.5. The summed E-state index contributed by atoms with van der Waals surface area (Å²) in [5.41, 5.74) is 6.06. The topological polar surface area (TPSA) is 257 Å². The van der Waals surface area contributed by atoms with Crippen LogP contribution in [0.1, 0.15) is 22.5 Å². The van der Waals surface area contributed by atoms with Gasteiger partial charge in [-0.2, -0.15) is 13.4 Å². The molecule has 2 heterocycles. The second-order valence-corrected chi connectivity index (χ2v) is 9.24. The van der Waals surface area contributed by atoms with Crippen LogP contribution in [0.2, 0.25) is 0 Å². The second kappa shape index (κ2) is 11.0. The maximum absolute atomic E-state index is 12.5. The molecule has 0 saturated carbocycles. The molecule has 1 aromatic carbocycles. The molecule has 16 nitrogen and oxygen atoms in total. The van der Waals surface area contributed by atoms with Gasteiger partial charge in [0.1, 0.15) is 6.04 Å². The van der Waals surface area contributed by atoms with Gasteiger partial charge in [0.25, 0.3) is 21.6 Å². The number of hydrogen-bond donors (Lipinski definition) is 6. The molecule has 2 aromatic heterocycles. The number of H-pyrrole nitrogens is 1. The number of nitrogens with two attached hydrogens (primary N) is 1. The molecule has 196 valence electrons. The fourth-order valence-corrected chi connectivity index (χ4v) is 3.64. The first-order valence-corrected chi connectivity index (χ1v) is 12.1. The number of amides is 1. The van der Waals surface area contributed by atoms with Gasteiger partial charge in [-0.05, 0) is 24.3 Å². The van der Waals surface area contributed by atoms with Crippen molar-refractivity contribution in [1.82, 2.24) is 25.3 Å². The SMILES string of the molecule is CS(=O)(=O)OC(C[C@H](NC(=O)c1ccc(NCc2cnc3nc(N)[nH]c(=O)c3n2)cc1)C(=O)O)C(=O)O. The number of hydrogen-bond acceptors (Lipinski definition) is 12. The Hall–Kier alpha value is -4.64. The zero-order valence-electron chi connectivity index (χ0n) is 19.0. The molecule has 0 aliphatic carbocycles. The van der Waals surface area contributed by atoms with Crippen molar-refractivity contribution in [3.8, 4) is 0 Å². The number of nitrogens with one attached hydrogen (secondary N) is 3. The summed E-state index contributed by atoms with van der Waals surface area (Å²) in [7, 11) is -4.19. The molecule has 2 atom stereocenters. The van der Waals surface area contributed by atoms with Gasteiger partial charge in [0.05, 0.1) is 24.7 Å². The van der Waals surface area contributed by atoms with Gasteiger partial charge >= 0.3 is 11.9 Å². The Bertz CT molecular complexity index is 1510. The van der Waals surface area contributed by atoms with E-state index in [4.69, 9.17) is 10.8 Å². The molecular formula is C20H21N7O9S. The lowest BCUT2D eigenvalue weighted by atomic mass is 10.1. The van der Waals surface area contributed by atoms with Crippen LogP contribution in [0.4, 0.5) is 11.6 Å². The minimum Gasteiger partial charge on any atom is -0.480 e. The van der Waals surface area contributed by atoms with Gasteiger partial charge in [0.2, 0.25) is 5.95 Å². The summed E-state index contributed by atoms with van der Waals surface area (Å²) in [6.45, 7) is 0.163. The number of nitrogens with zero attached hydrogens (tertiary/aromatic N) is 3. The molecular weight excluding hydrogens is 514 g/mol. The molecule has 0 radical (unpaired) electrons. The van der Waals surface area contributed by atoms with Crippen LogP contribution in [0.5, 0.6) is 0 Å². The zero-order chi connectivity index (χ0) is 27.3. The van der Waals surface area contributed by atoms with Gasteiger partial charge < -0.3 is 26.6 Å². The van der Waals surface area contributed by atoms with Gasteiger partial charge in [-0.1, -0.05) is 0 Å². The van der Waals surface area contributed by atoms with Crippen molar-refractivity contribution >= 4 is 50.8 Å². The van der Waals surface area contributed by atoms with Gasteiger partial charge in [-0.15, -0.1) is 0 Å². The molecule has 1 unspecified atom stereocenters. The molecule has 0 aliphatic heterocycles. The van der Waals surface area contributed by atoms with Gasteiger partial charge in [-0.25, -0.2) is 19.6 Å². The molecule has 0 aliphatic rings. The molecule has 3 rings (SSSR count). The smallest absolute Gasteiger partial charge is 0.334 e. The number of carboxylic acid groups (broad SMARTS) is 2. The summed E-state index contributed by atoms with van der Waals surface area (Å²) in [6, 6.07) is 4.04. The number of carbonyl (C=O) groups is 3. The average molecular weight is 535 g/mol. The number of aliphatic carboxylic acids is 2. The summed E-state index contributed by atoms with van der Waals surface area (Å²) >= 11 is 0. The first-order chi connectivity index (χ1) is 17.3.